The predicted molar refractivity (Wildman–Crippen MR) is 509 cm³/mol. The fourth-order valence-corrected chi connectivity index (χ4v) is 19.6. The second-order valence-electron chi connectivity index (χ2n) is 40.5. The van der Waals surface area contributed by atoms with E-state index in [0.717, 1.165) is 16.7 Å². The maximum absolute atomic E-state index is 8.83. The van der Waals surface area contributed by atoms with Crippen molar-refractivity contribution in [2.75, 3.05) is 0 Å². The third kappa shape index (κ3) is 21.8. The Hall–Kier alpha value is -11.1. The fraction of sp³-hybridized carbons (Fsp3) is 0.324. The lowest BCUT2D eigenvalue weighted by molar-refractivity contribution is 0.423. The molecule has 0 saturated carbocycles. The van der Waals surface area contributed by atoms with Crippen molar-refractivity contribution >= 4 is 72.4 Å². The van der Waals surface area contributed by atoms with Crippen molar-refractivity contribution in [2.45, 2.75) is 236 Å². The third-order valence-electron chi connectivity index (χ3n) is 21.9. The number of terminal acetylenes is 1. The smallest absolute Gasteiger partial charge is 0.179 e. The van der Waals surface area contributed by atoms with Gasteiger partial charge in [0.05, 0.1) is 33.9 Å². The minimum atomic E-state index is -2.41. The highest BCUT2D eigenvalue weighted by atomic mass is 28.3. The maximum atomic E-state index is 8.83. The van der Waals surface area contributed by atoms with Gasteiger partial charge in [0.2, 0.25) is 0 Å². The van der Waals surface area contributed by atoms with E-state index in [0.29, 0.717) is 11.3 Å². The van der Waals surface area contributed by atoms with Gasteiger partial charge < -0.3 is 9.13 Å². The van der Waals surface area contributed by atoms with Gasteiger partial charge >= 0.3 is 0 Å². The van der Waals surface area contributed by atoms with E-state index in [4.69, 9.17) is 16.9 Å². The van der Waals surface area contributed by atoms with E-state index in [9.17, 15) is 0 Å². The van der Waals surface area contributed by atoms with Crippen molar-refractivity contribution in [3.8, 4) is 30.2 Å². The molecule has 117 heavy (non-hydrogen) atoms. The van der Waals surface area contributed by atoms with Crippen molar-refractivity contribution in [1.82, 2.24) is 14.1 Å². The molecule has 14 aromatic rings. The Bertz CT molecular complexity index is 5510. The van der Waals surface area contributed by atoms with Gasteiger partial charge in [-0.25, -0.2) is 4.98 Å². The predicted octanol–water partition coefficient (Wildman–Crippen LogP) is 27.0. The molecular weight excluding hydrogens is 1430 g/mol. The zero-order valence-corrected chi connectivity index (χ0v) is 76.4. The molecule has 0 unspecified atom stereocenters. The first-order valence-electron chi connectivity index (χ1n) is 41.6. The van der Waals surface area contributed by atoms with E-state index in [1.165, 1.54) is 103 Å². The van der Waals surface area contributed by atoms with E-state index in [1.807, 2.05) is 24.3 Å². The zero-order valence-electron chi connectivity index (χ0n) is 75.4. The minimum absolute atomic E-state index is 0.0263. The summed E-state index contributed by atoms with van der Waals surface area (Å²) >= 11 is 0. The van der Waals surface area contributed by atoms with Crippen molar-refractivity contribution in [3.05, 3.63) is 347 Å². The van der Waals surface area contributed by atoms with Gasteiger partial charge in [-0.2, -0.15) is 10.5 Å². The molecule has 0 amide bonds. The van der Waals surface area contributed by atoms with Crippen LogP contribution < -0.4 is 20.7 Å². The molecular formula is C111H129N5Si. The lowest BCUT2D eigenvalue weighted by Crippen LogP contribution is -2.74. The number of aromatic nitrogens is 3. The highest BCUT2D eigenvalue weighted by Gasteiger charge is 2.42. The second-order valence-corrected chi connectivity index (χ2v) is 44.3. The molecule has 0 aliphatic rings. The van der Waals surface area contributed by atoms with E-state index < -0.39 is 8.07 Å². The molecule has 0 aliphatic carbocycles. The Morgan fingerprint density at radius 3 is 0.974 bits per heavy atom. The summed E-state index contributed by atoms with van der Waals surface area (Å²) in [6.07, 6.45) is 7.09. The summed E-state index contributed by atoms with van der Waals surface area (Å²) in [4.78, 5) is 4.00. The van der Waals surface area contributed by atoms with Crippen LogP contribution in [0.3, 0.4) is 0 Å². The summed E-state index contributed by atoms with van der Waals surface area (Å²) in [5.41, 5.74) is 20.3. The van der Waals surface area contributed by atoms with Crippen molar-refractivity contribution in [1.29, 1.82) is 10.5 Å². The zero-order chi connectivity index (χ0) is 86.1. The molecule has 0 N–H and O–H groups in total. The van der Waals surface area contributed by atoms with Crippen LogP contribution >= 0.6 is 0 Å². The van der Waals surface area contributed by atoms with Crippen LogP contribution in [0.2, 0.25) is 0 Å². The van der Waals surface area contributed by atoms with Gasteiger partial charge in [-0.3, -0.25) is 0 Å². The van der Waals surface area contributed by atoms with Crippen molar-refractivity contribution in [2.24, 2.45) is 0 Å². The first-order valence-corrected chi connectivity index (χ1v) is 43.6. The number of benzene rings is 11. The Labute approximate surface area is 705 Å². The van der Waals surface area contributed by atoms with Gasteiger partial charge in [-0.1, -0.05) is 403 Å². The summed E-state index contributed by atoms with van der Waals surface area (Å²) < 4.78 is 4.95. The van der Waals surface area contributed by atoms with Gasteiger partial charge in [-0.05, 0) is 178 Å². The number of hydrogen-bond acceptors (Lipinski definition) is 3. The molecule has 5 nitrogen and oxygen atoms in total. The van der Waals surface area contributed by atoms with Gasteiger partial charge in [0, 0.05) is 44.4 Å². The monoisotopic (exact) mass is 1560 g/mol. The average Bonchev–Trinajstić information content (AvgIpc) is 1.56. The van der Waals surface area contributed by atoms with Gasteiger partial charge in [0.1, 0.15) is 11.8 Å². The molecule has 0 fully saturated rings. The fourth-order valence-electron chi connectivity index (χ4n) is 14.9. The van der Waals surface area contributed by atoms with Crippen molar-refractivity contribution < 1.29 is 0 Å². The summed E-state index contributed by atoms with van der Waals surface area (Å²) in [5, 5.41) is 28.3. The first kappa shape index (κ1) is 89.9. The molecule has 6 heteroatoms. The molecule has 0 atom stereocenters. The van der Waals surface area contributed by atoms with Gasteiger partial charge in [-0.15, -0.1) is 6.42 Å². The topological polar surface area (TPSA) is 70.3 Å². The van der Waals surface area contributed by atoms with E-state index in [-0.39, 0.29) is 48.9 Å². The highest BCUT2D eigenvalue weighted by molar-refractivity contribution is 7.19. The largest absolute Gasteiger partial charge is 0.333 e. The quantitative estimate of drug-likeness (QED) is 0.0979. The Morgan fingerprint density at radius 1 is 0.282 bits per heavy atom. The standard InChI is InChI=1S/C28H24N2.C28H28Si.C18H30.C14H22.C13H13N.C10H12N2/c1-28(2,3)30-25-17-9-6-13-21(25)22-14-10-18-26(27(22)30)29-23-15-7-4-11-19(23)20-12-5-8-16-24(20)29;1-28(2,3)23-14-13-21-27(22-23)29(24-15-7-4-8-16-24,25-17-9-5-10-18-25)26-19-11-6-12-20-26;1-16(2,3)13-10-14(17(4,5)6)12-15(11-13)18(7,8)9;1-13(2,3)11-7-9-12(10-8-11)14(4,5)6;1-5-10-6-11(9-14)8-12(7-10)13(2,3)4;1-10(2,3)8-4-5-9(6-11)12-7-8/h4-18H,1-3H3;4-22H,1-3H3;10-12H,1-9H3;7-10H,1-6H3;1,6-8H,2-4H3;4-5,7H,1-3H3. The number of nitrogens with zero attached hydrogens (tertiary/aromatic N) is 5. The highest BCUT2D eigenvalue weighted by Crippen LogP contribution is 2.42. The number of para-hydroxylation sites is 4. The molecule has 0 saturated heterocycles. The van der Waals surface area contributed by atoms with Crippen LogP contribution in [0.1, 0.15) is 248 Å². The van der Waals surface area contributed by atoms with Crippen LogP contribution in [0.5, 0.6) is 0 Å². The number of nitriles is 2. The van der Waals surface area contributed by atoms with Crippen LogP contribution in [0.25, 0.3) is 49.3 Å². The number of fused-ring (bicyclic) bond motifs is 6. The summed E-state index contributed by atoms with van der Waals surface area (Å²) in [6, 6.07) is 105. The maximum Gasteiger partial charge on any atom is 0.179 e. The van der Waals surface area contributed by atoms with Crippen molar-refractivity contribution in [3.63, 3.8) is 0 Å². The SMILES string of the molecule is C#Cc1cc(C#N)cc(C(C)(C)C)c1.CC(C)(C)c1cc(C(C)(C)C)cc(C(C)(C)C)c1.CC(C)(C)c1ccc(C#N)nc1.CC(C)(C)c1ccc(C(C)(C)C)cc1.CC(C)(C)c1cccc([Si](c2ccccc2)(c2ccccc2)c2ccccc2)c1.CC(C)(C)n1c2ccccc2c2cccc(-n3c4ccccc4c4ccccc43)c21. The van der Waals surface area contributed by atoms with Gasteiger partial charge in [0.15, 0.2) is 8.07 Å². The van der Waals surface area contributed by atoms with E-state index in [2.05, 4.69) is 462 Å². The average molecular weight is 1560 g/mol. The molecule has 3 aromatic heterocycles. The molecule has 0 bridgehead atoms. The molecule has 0 aliphatic heterocycles. The lowest BCUT2D eigenvalue weighted by atomic mass is 9.76. The molecule has 602 valence electrons. The third-order valence-corrected chi connectivity index (χ3v) is 26.7. The summed E-state index contributed by atoms with van der Waals surface area (Å²) in [5.74, 6) is 2.56. The van der Waals surface area contributed by atoms with Crippen LogP contribution in [0.4, 0.5) is 0 Å². The normalized spacial score (nSPS) is 12.2. The molecule has 0 radical (unpaired) electrons. The molecule has 14 rings (SSSR count). The number of rotatable bonds is 5. The lowest BCUT2D eigenvalue weighted by Gasteiger charge is -2.35. The van der Waals surface area contributed by atoms with Crippen LogP contribution in [-0.2, 0) is 48.9 Å². The Balaban J connectivity index is 0.000000167. The summed E-state index contributed by atoms with van der Waals surface area (Å²) in [7, 11) is -2.41. The Morgan fingerprint density at radius 2 is 0.615 bits per heavy atom. The molecule has 0 spiro atoms. The van der Waals surface area contributed by atoms with Crippen LogP contribution in [-0.4, -0.2) is 22.2 Å². The molecule has 11 aromatic carbocycles. The van der Waals surface area contributed by atoms with Crippen LogP contribution in [0, 0.1) is 35.0 Å². The van der Waals surface area contributed by atoms with E-state index >= 15 is 0 Å². The van der Waals surface area contributed by atoms with Gasteiger partial charge in [0.25, 0.3) is 0 Å². The number of hydrogen-bond donors (Lipinski definition) is 0. The second kappa shape index (κ2) is 35.8. The molecule has 3 heterocycles. The number of pyridine rings is 1. The first-order chi connectivity index (χ1) is 54.6. The van der Waals surface area contributed by atoms with Crippen LogP contribution in [0.15, 0.2) is 285 Å². The van der Waals surface area contributed by atoms with E-state index in [1.54, 1.807) is 18.3 Å². The Kier molecular flexibility index (Phi) is 27.5. The summed E-state index contributed by atoms with van der Waals surface area (Å²) in [6.45, 7) is 60.6. The minimum Gasteiger partial charge on any atom is -0.333 e.